The zero-order valence-electron chi connectivity index (χ0n) is 14.7. The molecule has 4 rings (SSSR count). The lowest BCUT2D eigenvalue weighted by atomic mass is 10.1. The van der Waals surface area contributed by atoms with Crippen LogP contribution in [0.3, 0.4) is 0 Å². The van der Waals surface area contributed by atoms with E-state index in [1.54, 1.807) is 11.3 Å². The number of carbonyl (C=O) groups excluding carboxylic acids is 1. The lowest BCUT2D eigenvalue weighted by molar-refractivity contribution is 0.1000. The molecule has 5 nitrogen and oxygen atoms in total. The fourth-order valence-electron chi connectivity index (χ4n) is 3.59. The number of aromatic nitrogens is 1. The van der Waals surface area contributed by atoms with Gasteiger partial charge in [0.05, 0.1) is 5.56 Å². The molecule has 2 aromatic heterocycles. The van der Waals surface area contributed by atoms with E-state index in [9.17, 15) is 4.79 Å². The van der Waals surface area contributed by atoms with Crippen molar-refractivity contribution in [2.24, 2.45) is 5.73 Å². The van der Waals surface area contributed by atoms with E-state index in [4.69, 9.17) is 15.2 Å². The Morgan fingerprint density at radius 3 is 2.77 bits per heavy atom. The molecular weight excluding hydrogens is 348 g/mol. The van der Waals surface area contributed by atoms with Crippen LogP contribution in [0.5, 0.6) is 11.5 Å². The molecule has 0 radical (unpaired) electrons. The van der Waals surface area contributed by atoms with E-state index >= 15 is 0 Å². The van der Waals surface area contributed by atoms with Crippen LogP contribution in [-0.2, 0) is 13.0 Å². The van der Waals surface area contributed by atoms with Gasteiger partial charge < -0.3 is 19.8 Å². The van der Waals surface area contributed by atoms with E-state index in [0.29, 0.717) is 12.1 Å². The normalized spacial score (nSPS) is 12.5. The zero-order valence-corrected chi connectivity index (χ0v) is 15.6. The van der Waals surface area contributed by atoms with Gasteiger partial charge in [0.15, 0.2) is 11.5 Å². The van der Waals surface area contributed by atoms with Crippen molar-refractivity contribution in [1.82, 2.24) is 4.57 Å². The smallest absolute Gasteiger partial charge is 0.251 e. The molecule has 26 heavy (non-hydrogen) atoms. The molecule has 1 aliphatic heterocycles. The summed E-state index contributed by atoms with van der Waals surface area (Å²) in [7, 11) is 0. The van der Waals surface area contributed by atoms with Gasteiger partial charge in [-0.05, 0) is 42.5 Å². The number of primary amides is 1. The summed E-state index contributed by atoms with van der Waals surface area (Å²) in [6.45, 7) is 4.98. The Labute approximate surface area is 156 Å². The van der Waals surface area contributed by atoms with Crippen molar-refractivity contribution in [3.05, 3.63) is 58.2 Å². The Hall–Kier alpha value is -2.73. The summed E-state index contributed by atoms with van der Waals surface area (Å²) in [6.07, 6.45) is 0.811. The van der Waals surface area contributed by atoms with Gasteiger partial charge in [0, 0.05) is 28.4 Å². The van der Waals surface area contributed by atoms with Crippen molar-refractivity contribution in [1.29, 1.82) is 0 Å². The number of nitrogens with two attached hydrogens (primary N) is 1. The first-order valence-corrected chi connectivity index (χ1v) is 9.42. The number of rotatable bonds is 5. The summed E-state index contributed by atoms with van der Waals surface area (Å²) in [4.78, 5) is 13.3. The molecule has 6 heteroatoms. The molecule has 0 unspecified atom stereocenters. The maximum atomic E-state index is 12.2. The molecule has 0 spiro atoms. The number of fused-ring (bicyclic) bond motifs is 1. The molecular formula is C20H20N2O3S. The minimum Gasteiger partial charge on any atom is -0.454 e. The van der Waals surface area contributed by atoms with Crippen LogP contribution in [-0.4, -0.2) is 17.3 Å². The predicted molar refractivity (Wildman–Crippen MR) is 102 cm³/mol. The fraction of sp³-hybridized carbons (Fsp3) is 0.250. The van der Waals surface area contributed by atoms with Crippen molar-refractivity contribution >= 4 is 17.2 Å². The van der Waals surface area contributed by atoms with Crippen LogP contribution >= 0.6 is 11.3 Å². The van der Waals surface area contributed by atoms with Gasteiger partial charge in [-0.3, -0.25) is 4.79 Å². The van der Waals surface area contributed by atoms with Crippen molar-refractivity contribution < 1.29 is 14.3 Å². The number of ether oxygens (including phenoxy) is 2. The van der Waals surface area contributed by atoms with Crippen LogP contribution in [0.4, 0.5) is 0 Å². The molecule has 1 aromatic carbocycles. The van der Waals surface area contributed by atoms with Crippen LogP contribution in [0, 0.1) is 6.92 Å². The molecule has 0 aliphatic carbocycles. The Bertz CT molecular complexity index is 974. The van der Waals surface area contributed by atoms with E-state index in [1.165, 1.54) is 0 Å². The lowest BCUT2D eigenvalue weighted by Crippen LogP contribution is -2.13. The number of hydrogen-bond acceptors (Lipinski definition) is 4. The summed E-state index contributed by atoms with van der Waals surface area (Å²) in [5.74, 6) is 1.15. The molecule has 2 N–H and O–H groups in total. The average molecular weight is 368 g/mol. The highest BCUT2D eigenvalue weighted by Crippen LogP contribution is 2.37. The summed E-state index contributed by atoms with van der Waals surface area (Å²) in [6, 6.07) is 9.99. The molecule has 134 valence electrons. The second-order valence-corrected chi connectivity index (χ2v) is 7.20. The Kier molecular flexibility index (Phi) is 4.20. The van der Waals surface area contributed by atoms with Gasteiger partial charge >= 0.3 is 0 Å². The third-order valence-corrected chi connectivity index (χ3v) is 5.64. The average Bonchev–Trinajstić information content (AvgIpc) is 3.34. The number of hydrogen-bond donors (Lipinski definition) is 1. The van der Waals surface area contributed by atoms with Gasteiger partial charge in [0.25, 0.3) is 5.91 Å². The number of amides is 1. The number of benzene rings is 1. The van der Waals surface area contributed by atoms with Gasteiger partial charge in [-0.25, -0.2) is 0 Å². The van der Waals surface area contributed by atoms with Crippen LogP contribution < -0.4 is 15.2 Å². The molecule has 1 aliphatic rings. The summed E-state index contributed by atoms with van der Waals surface area (Å²) in [5.41, 5.74) is 10.4. The summed E-state index contributed by atoms with van der Waals surface area (Å²) < 4.78 is 13.1. The second-order valence-electron chi connectivity index (χ2n) is 6.25. The van der Waals surface area contributed by atoms with Crippen molar-refractivity contribution in [2.75, 3.05) is 6.79 Å². The summed E-state index contributed by atoms with van der Waals surface area (Å²) in [5, 5.41) is 2.02. The molecule has 0 saturated carbocycles. The first-order valence-electron chi connectivity index (χ1n) is 8.54. The van der Waals surface area contributed by atoms with Crippen LogP contribution in [0.15, 0.2) is 35.7 Å². The van der Waals surface area contributed by atoms with E-state index in [0.717, 1.165) is 45.3 Å². The highest BCUT2D eigenvalue weighted by Gasteiger charge is 2.25. The molecule has 3 aromatic rings. The van der Waals surface area contributed by atoms with E-state index < -0.39 is 0 Å². The van der Waals surface area contributed by atoms with Crippen LogP contribution in [0.1, 0.15) is 34.2 Å². The first kappa shape index (κ1) is 16.7. The topological polar surface area (TPSA) is 66.5 Å². The van der Waals surface area contributed by atoms with Gasteiger partial charge in [-0.1, -0.05) is 19.1 Å². The van der Waals surface area contributed by atoms with Gasteiger partial charge in [0.2, 0.25) is 6.79 Å². The number of carbonyl (C=O) groups is 1. The second kappa shape index (κ2) is 6.53. The molecule has 1 amide bonds. The largest absolute Gasteiger partial charge is 0.454 e. The monoisotopic (exact) mass is 368 g/mol. The SMILES string of the molecule is CCc1c(-c2cccs2)c(C(N)=O)c(C)n1Cc1ccc2c(c1)OCO2. The minimum absolute atomic E-state index is 0.260. The molecule has 3 heterocycles. The third kappa shape index (κ3) is 2.66. The van der Waals surface area contributed by atoms with Crippen molar-refractivity contribution in [3.8, 4) is 21.9 Å². The van der Waals surface area contributed by atoms with Gasteiger partial charge in [-0.2, -0.15) is 0 Å². The highest BCUT2D eigenvalue weighted by atomic mass is 32.1. The van der Waals surface area contributed by atoms with E-state index in [1.807, 2.05) is 42.6 Å². The highest BCUT2D eigenvalue weighted by molar-refractivity contribution is 7.13. The number of nitrogens with zero attached hydrogens (tertiary/aromatic N) is 1. The zero-order chi connectivity index (χ0) is 18.3. The number of thiophene rings is 1. The quantitative estimate of drug-likeness (QED) is 0.741. The predicted octanol–water partition coefficient (Wildman–Crippen LogP) is 3.96. The molecule has 0 fully saturated rings. The molecule has 0 atom stereocenters. The van der Waals surface area contributed by atoms with E-state index in [-0.39, 0.29) is 12.7 Å². The van der Waals surface area contributed by atoms with Gasteiger partial charge in [0.1, 0.15) is 0 Å². The Morgan fingerprint density at radius 2 is 2.08 bits per heavy atom. The first-order chi connectivity index (χ1) is 12.6. The van der Waals surface area contributed by atoms with E-state index in [2.05, 4.69) is 11.5 Å². The molecule has 0 saturated heterocycles. The Morgan fingerprint density at radius 1 is 1.27 bits per heavy atom. The van der Waals surface area contributed by atoms with Crippen molar-refractivity contribution in [3.63, 3.8) is 0 Å². The minimum atomic E-state index is -0.384. The maximum absolute atomic E-state index is 12.2. The standard InChI is InChI=1S/C20H20N2O3S/c1-3-14-19(17-5-4-8-26-17)18(20(21)23)12(2)22(14)10-13-6-7-15-16(9-13)25-11-24-15/h4-9H,3,10-11H2,1-2H3,(H2,21,23). The van der Waals surface area contributed by atoms with Crippen LogP contribution in [0.2, 0.25) is 0 Å². The van der Waals surface area contributed by atoms with Gasteiger partial charge in [-0.15, -0.1) is 11.3 Å². The lowest BCUT2D eigenvalue weighted by Gasteiger charge is -2.12. The third-order valence-electron chi connectivity index (χ3n) is 4.76. The van der Waals surface area contributed by atoms with Crippen LogP contribution in [0.25, 0.3) is 10.4 Å². The maximum Gasteiger partial charge on any atom is 0.251 e. The summed E-state index contributed by atoms with van der Waals surface area (Å²) >= 11 is 1.62. The molecule has 0 bridgehead atoms. The fourth-order valence-corrected chi connectivity index (χ4v) is 4.39. The van der Waals surface area contributed by atoms with Crippen molar-refractivity contribution in [2.45, 2.75) is 26.8 Å². The Balaban J connectivity index is 1.83.